The summed E-state index contributed by atoms with van der Waals surface area (Å²) in [5.41, 5.74) is 0. The summed E-state index contributed by atoms with van der Waals surface area (Å²) < 4.78 is 24.5. The minimum absolute atomic E-state index is 0.227. The molecular weight excluding hydrogens is 506 g/mol. The minimum atomic E-state index is -2.26. The number of halogens is 4. The van der Waals surface area contributed by atoms with Crippen LogP contribution in [0.3, 0.4) is 0 Å². The van der Waals surface area contributed by atoms with Gasteiger partial charge in [0.05, 0.1) is 20.1 Å². The molecular formula is C25H16Cl4O4. The Labute approximate surface area is 211 Å². The van der Waals surface area contributed by atoms with Crippen molar-refractivity contribution in [2.24, 2.45) is 0 Å². The van der Waals surface area contributed by atoms with Crippen molar-refractivity contribution in [3.8, 4) is 23.0 Å². The zero-order valence-corrected chi connectivity index (χ0v) is 19.9. The third kappa shape index (κ3) is 5.79. The summed E-state index contributed by atoms with van der Waals surface area (Å²) in [6.07, 6.45) is -2.26. The van der Waals surface area contributed by atoms with E-state index in [4.69, 9.17) is 65.4 Å². The molecule has 0 saturated heterocycles. The van der Waals surface area contributed by atoms with Crippen molar-refractivity contribution in [2.75, 3.05) is 0 Å². The average molecular weight is 522 g/mol. The van der Waals surface area contributed by atoms with E-state index in [1.807, 2.05) is 0 Å². The van der Waals surface area contributed by atoms with Gasteiger partial charge >= 0.3 is 6.16 Å². The number of hydrogen-bond acceptors (Lipinski definition) is 4. The average Bonchev–Trinajstić information content (AvgIpc) is 2.80. The SMILES string of the molecule is Clc1ccccc1OC(Oc1ccccc1Cl)(Oc1ccccc1Cl)Oc1ccccc1Cl. The molecule has 0 unspecified atom stereocenters. The van der Waals surface area contributed by atoms with Crippen LogP contribution in [0.2, 0.25) is 20.1 Å². The number of benzene rings is 4. The van der Waals surface area contributed by atoms with E-state index in [2.05, 4.69) is 0 Å². The van der Waals surface area contributed by atoms with E-state index in [1.165, 1.54) is 0 Å². The molecule has 0 bridgehead atoms. The number of para-hydroxylation sites is 4. The molecule has 0 heterocycles. The molecule has 4 rings (SSSR count). The molecule has 4 nitrogen and oxygen atoms in total. The second-order valence-corrected chi connectivity index (χ2v) is 8.26. The van der Waals surface area contributed by atoms with Gasteiger partial charge in [0, 0.05) is 0 Å². The van der Waals surface area contributed by atoms with Crippen molar-refractivity contribution in [3.63, 3.8) is 0 Å². The third-order valence-electron chi connectivity index (χ3n) is 4.29. The molecule has 0 radical (unpaired) electrons. The fourth-order valence-corrected chi connectivity index (χ4v) is 3.47. The van der Waals surface area contributed by atoms with Crippen molar-refractivity contribution < 1.29 is 18.9 Å². The van der Waals surface area contributed by atoms with Gasteiger partial charge in [-0.25, -0.2) is 0 Å². The Morgan fingerprint density at radius 2 is 0.576 bits per heavy atom. The monoisotopic (exact) mass is 520 g/mol. The lowest BCUT2D eigenvalue weighted by Gasteiger charge is -2.33. The number of hydrogen-bond donors (Lipinski definition) is 0. The Balaban J connectivity index is 1.86. The van der Waals surface area contributed by atoms with Gasteiger partial charge in [-0.2, -0.15) is 0 Å². The predicted molar refractivity (Wildman–Crippen MR) is 131 cm³/mol. The van der Waals surface area contributed by atoms with Gasteiger partial charge in [0.15, 0.2) is 23.0 Å². The molecule has 0 fully saturated rings. The van der Waals surface area contributed by atoms with E-state index < -0.39 is 6.16 Å². The smallest absolute Gasteiger partial charge is 0.384 e. The Morgan fingerprint density at radius 3 is 0.788 bits per heavy atom. The molecule has 0 aromatic heterocycles. The first-order chi connectivity index (χ1) is 16.0. The lowest BCUT2D eigenvalue weighted by atomic mass is 10.3. The molecule has 0 aliphatic heterocycles. The van der Waals surface area contributed by atoms with Gasteiger partial charge in [-0.15, -0.1) is 0 Å². The molecule has 4 aromatic rings. The maximum Gasteiger partial charge on any atom is 0.611 e. The molecule has 33 heavy (non-hydrogen) atoms. The maximum absolute atomic E-state index is 6.36. The Morgan fingerprint density at radius 1 is 0.364 bits per heavy atom. The van der Waals surface area contributed by atoms with Crippen LogP contribution in [0.4, 0.5) is 0 Å². The van der Waals surface area contributed by atoms with Gasteiger partial charge in [-0.05, 0) is 48.5 Å². The van der Waals surface area contributed by atoms with Gasteiger partial charge in [-0.1, -0.05) is 94.9 Å². The first-order valence-electron chi connectivity index (χ1n) is 9.70. The van der Waals surface area contributed by atoms with E-state index >= 15 is 0 Å². The largest absolute Gasteiger partial charge is 0.611 e. The normalized spacial score (nSPS) is 11.0. The number of ether oxygens (including phenoxy) is 4. The summed E-state index contributed by atoms with van der Waals surface area (Å²) in [7, 11) is 0. The van der Waals surface area contributed by atoms with Crippen LogP contribution < -0.4 is 18.9 Å². The first-order valence-corrected chi connectivity index (χ1v) is 11.2. The van der Waals surface area contributed by atoms with E-state index in [-0.39, 0.29) is 23.0 Å². The van der Waals surface area contributed by atoms with E-state index in [0.29, 0.717) is 20.1 Å². The summed E-state index contributed by atoms with van der Waals surface area (Å²) in [5.74, 6) is 0.909. The van der Waals surface area contributed by atoms with Gasteiger partial charge in [0.25, 0.3) is 0 Å². The Kier molecular flexibility index (Phi) is 7.41. The summed E-state index contributed by atoms with van der Waals surface area (Å²) in [5, 5.41) is 1.20. The third-order valence-corrected chi connectivity index (χ3v) is 5.54. The topological polar surface area (TPSA) is 36.9 Å². The lowest BCUT2D eigenvalue weighted by molar-refractivity contribution is -0.367. The zero-order chi connectivity index (χ0) is 23.3. The molecule has 0 N–H and O–H groups in total. The van der Waals surface area contributed by atoms with Crippen LogP contribution in [0.25, 0.3) is 0 Å². The van der Waals surface area contributed by atoms with Gasteiger partial charge in [0.2, 0.25) is 0 Å². The van der Waals surface area contributed by atoms with Crippen LogP contribution in [0, 0.1) is 0 Å². The van der Waals surface area contributed by atoms with Crippen LogP contribution >= 0.6 is 46.4 Å². The second-order valence-electron chi connectivity index (χ2n) is 6.63. The fourth-order valence-electron chi connectivity index (χ4n) is 2.77. The maximum atomic E-state index is 6.36. The van der Waals surface area contributed by atoms with E-state index in [9.17, 15) is 0 Å². The van der Waals surface area contributed by atoms with Crippen molar-refractivity contribution >= 4 is 46.4 Å². The highest BCUT2D eigenvalue weighted by Gasteiger charge is 2.45. The predicted octanol–water partition coefficient (Wildman–Crippen LogP) is 8.53. The van der Waals surface area contributed by atoms with Crippen LogP contribution in [0.1, 0.15) is 0 Å². The lowest BCUT2D eigenvalue weighted by Crippen LogP contribution is -2.53. The van der Waals surface area contributed by atoms with Crippen LogP contribution in [0.5, 0.6) is 23.0 Å². The van der Waals surface area contributed by atoms with Gasteiger partial charge in [-0.3, -0.25) is 0 Å². The van der Waals surface area contributed by atoms with E-state index in [0.717, 1.165) is 0 Å². The Bertz CT molecular complexity index is 1050. The molecule has 0 saturated carbocycles. The highest BCUT2D eigenvalue weighted by molar-refractivity contribution is 6.33. The standard InChI is InChI=1S/C25H16Cl4O4/c26-17-9-1-5-13-21(17)30-25(31-22-14-6-2-10-18(22)27,32-23-15-7-3-11-19(23)28)33-24-16-8-4-12-20(24)29/h1-16H. The van der Waals surface area contributed by atoms with Crippen molar-refractivity contribution in [1.29, 1.82) is 0 Å². The zero-order valence-electron chi connectivity index (χ0n) is 16.9. The molecule has 168 valence electrons. The second kappa shape index (κ2) is 10.4. The Hall–Kier alpha value is -2.76. The minimum Gasteiger partial charge on any atom is -0.384 e. The van der Waals surface area contributed by atoms with Crippen LogP contribution in [-0.2, 0) is 0 Å². The molecule has 0 aliphatic carbocycles. The highest BCUT2D eigenvalue weighted by Crippen LogP contribution is 2.38. The van der Waals surface area contributed by atoms with Crippen molar-refractivity contribution in [1.82, 2.24) is 0 Å². The molecule has 0 amide bonds. The van der Waals surface area contributed by atoms with E-state index in [1.54, 1.807) is 97.1 Å². The quantitative estimate of drug-likeness (QED) is 0.218. The van der Waals surface area contributed by atoms with Gasteiger partial charge in [0.1, 0.15) is 0 Å². The number of rotatable bonds is 8. The van der Waals surface area contributed by atoms with Crippen molar-refractivity contribution in [3.05, 3.63) is 117 Å². The molecule has 0 aliphatic rings. The molecule has 4 aromatic carbocycles. The highest BCUT2D eigenvalue weighted by atomic mass is 35.5. The van der Waals surface area contributed by atoms with Gasteiger partial charge < -0.3 is 18.9 Å². The summed E-state index contributed by atoms with van der Waals surface area (Å²) in [6.45, 7) is 0. The summed E-state index contributed by atoms with van der Waals surface area (Å²) in [6, 6.07) is 27.2. The fraction of sp³-hybridized carbons (Fsp3) is 0.0400. The van der Waals surface area contributed by atoms with Crippen molar-refractivity contribution in [2.45, 2.75) is 6.16 Å². The first kappa shape index (κ1) is 23.4. The van der Waals surface area contributed by atoms with Crippen LogP contribution in [0.15, 0.2) is 97.1 Å². The molecule has 8 heteroatoms. The summed E-state index contributed by atoms with van der Waals surface area (Å²) in [4.78, 5) is 0. The molecule has 0 spiro atoms. The summed E-state index contributed by atoms with van der Waals surface area (Å²) >= 11 is 25.5. The molecule has 0 atom stereocenters. The van der Waals surface area contributed by atoms with Crippen LogP contribution in [-0.4, -0.2) is 6.16 Å².